The number of nitrogens with zero attached hydrogens (tertiary/aromatic N) is 1. The summed E-state index contributed by atoms with van der Waals surface area (Å²) in [6.45, 7) is 1.90. The van der Waals surface area contributed by atoms with Gasteiger partial charge in [-0.25, -0.2) is 8.42 Å². The molecule has 0 saturated carbocycles. The van der Waals surface area contributed by atoms with Gasteiger partial charge in [-0.05, 0) is 52.7 Å². The monoisotopic (exact) mass is 453 g/mol. The quantitative estimate of drug-likeness (QED) is 0.641. The molecule has 1 aromatic carbocycles. The molecule has 0 radical (unpaired) electrons. The Labute approximate surface area is 144 Å². The molecule has 0 spiro atoms. The van der Waals surface area contributed by atoms with E-state index >= 15 is 0 Å². The normalized spacial score (nSPS) is 11.4. The summed E-state index contributed by atoms with van der Waals surface area (Å²) in [7, 11) is 1.56. The van der Waals surface area contributed by atoms with E-state index in [2.05, 4.69) is 36.8 Å². The van der Waals surface area contributed by atoms with Crippen LogP contribution in [0.5, 0.6) is 5.75 Å². The predicted octanol–water partition coefficient (Wildman–Crippen LogP) is 4.42. The Balaban J connectivity index is 2.33. The second-order valence-corrected chi connectivity index (χ2v) is 8.61. The first-order valence-electron chi connectivity index (χ1n) is 5.75. The molecule has 1 aromatic heterocycles. The minimum Gasteiger partial charge on any atom is -0.486 e. The molecule has 0 aliphatic rings. The molecule has 2 aromatic rings. The molecule has 0 fully saturated rings. The molecule has 112 valence electrons. The third kappa shape index (κ3) is 4.42. The van der Waals surface area contributed by atoms with E-state index in [9.17, 15) is 8.42 Å². The smallest absolute Gasteiger partial charge is 0.265 e. The topological polar surface area (TPSA) is 56.3 Å². The van der Waals surface area contributed by atoms with E-state index < -0.39 is 9.05 Å². The summed E-state index contributed by atoms with van der Waals surface area (Å²) >= 11 is 6.54. The second-order valence-electron chi connectivity index (χ2n) is 4.24. The third-order valence-electron chi connectivity index (χ3n) is 2.62. The summed E-state index contributed by atoms with van der Waals surface area (Å²) in [5.41, 5.74) is 1.35. The highest BCUT2D eigenvalue weighted by Crippen LogP contribution is 2.34. The van der Waals surface area contributed by atoms with E-state index in [-0.39, 0.29) is 17.3 Å². The lowest BCUT2D eigenvalue weighted by molar-refractivity contribution is 0.291. The van der Waals surface area contributed by atoms with E-state index in [0.29, 0.717) is 15.7 Å². The lowest BCUT2D eigenvalue weighted by Gasteiger charge is -2.13. The zero-order valence-electron chi connectivity index (χ0n) is 10.8. The van der Waals surface area contributed by atoms with Crippen molar-refractivity contribution in [2.75, 3.05) is 0 Å². The van der Waals surface area contributed by atoms with Crippen LogP contribution in [-0.2, 0) is 15.7 Å². The fourth-order valence-corrected chi connectivity index (χ4v) is 3.71. The Bertz CT molecular complexity index is 764. The number of aromatic nitrogens is 1. The van der Waals surface area contributed by atoms with Crippen molar-refractivity contribution in [3.05, 3.63) is 50.7 Å². The first kappa shape index (κ1) is 16.7. The summed E-state index contributed by atoms with van der Waals surface area (Å²) in [6.07, 6.45) is 1.65. The van der Waals surface area contributed by atoms with Gasteiger partial charge in [0.1, 0.15) is 17.3 Å². The standard InChI is InChI=1S/C13H10Br2ClNO3S/c1-8-4-10(15)5-12(21(16,18)19)13(8)20-7-11-3-2-9(14)6-17-11/h2-6H,7H2,1H3. The van der Waals surface area contributed by atoms with E-state index in [1.54, 1.807) is 25.3 Å². The molecule has 0 amide bonds. The molecular weight excluding hydrogens is 445 g/mol. The molecule has 1 heterocycles. The summed E-state index contributed by atoms with van der Waals surface area (Å²) in [6, 6.07) is 6.79. The van der Waals surface area contributed by atoms with E-state index in [4.69, 9.17) is 15.4 Å². The van der Waals surface area contributed by atoms with Crippen molar-refractivity contribution in [1.82, 2.24) is 4.98 Å². The van der Waals surface area contributed by atoms with Gasteiger partial charge in [0, 0.05) is 25.8 Å². The summed E-state index contributed by atoms with van der Waals surface area (Å²) in [5, 5.41) is 0. The Morgan fingerprint density at radius 3 is 2.52 bits per heavy atom. The highest BCUT2D eigenvalue weighted by molar-refractivity contribution is 9.10. The van der Waals surface area contributed by atoms with Gasteiger partial charge in [-0.15, -0.1) is 0 Å². The van der Waals surface area contributed by atoms with Crippen molar-refractivity contribution in [2.24, 2.45) is 0 Å². The van der Waals surface area contributed by atoms with Crippen LogP contribution in [-0.4, -0.2) is 13.4 Å². The van der Waals surface area contributed by atoms with Crippen LogP contribution in [0.4, 0.5) is 0 Å². The van der Waals surface area contributed by atoms with E-state index in [1.165, 1.54) is 6.07 Å². The van der Waals surface area contributed by atoms with Crippen molar-refractivity contribution < 1.29 is 13.2 Å². The Kier molecular flexibility index (Phi) is 5.29. The van der Waals surface area contributed by atoms with Crippen LogP contribution in [0, 0.1) is 6.92 Å². The molecule has 0 saturated heterocycles. The van der Waals surface area contributed by atoms with Crippen LogP contribution in [0.25, 0.3) is 0 Å². The summed E-state index contributed by atoms with van der Waals surface area (Å²) in [4.78, 5) is 4.11. The number of aryl methyl sites for hydroxylation is 1. The van der Waals surface area contributed by atoms with E-state index in [1.807, 2.05) is 6.07 Å². The van der Waals surface area contributed by atoms with Gasteiger partial charge in [-0.1, -0.05) is 15.9 Å². The molecular formula is C13H10Br2ClNO3S. The van der Waals surface area contributed by atoms with Gasteiger partial charge in [-0.3, -0.25) is 4.98 Å². The number of rotatable bonds is 4. The Morgan fingerprint density at radius 1 is 1.24 bits per heavy atom. The lowest BCUT2D eigenvalue weighted by atomic mass is 10.2. The van der Waals surface area contributed by atoms with Crippen molar-refractivity contribution in [3.63, 3.8) is 0 Å². The van der Waals surface area contributed by atoms with Crippen LogP contribution < -0.4 is 4.74 Å². The number of ether oxygens (including phenoxy) is 1. The highest BCUT2D eigenvalue weighted by atomic mass is 79.9. The van der Waals surface area contributed by atoms with Crippen molar-refractivity contribution in [2.45, 2.75) is 18.4 Å². The van der Waals surface area contributed by atoms with Crippen LogP contribution in [0.1, 0.15) is 11.3 Å². The van der Waals surface area contributed by atoms with Gasteiger partial charge in [0.2, 0.25) is 0 Å². The van der Waals surface area contributed by atoms with E-state index in [0.717, 1.165) is 4.47 Å². The molecule has 0 aliphatic carbocycles. The molecule has 0 atom stereocenters. The highest BCUT2D eigenvalue weighted by Gasteiger charge is 2.20. The summed E-state index contributed by atoms with van der Waals surface area (Å²) < 4.78 is 30.4. The Hall–Kier alpha value is -0.630. The molecule has 21 heavy (non-hydrogen) atoms. The molecule has 0 bridgehead atoms. The van der Waals surface area contributed by atoms with Crippen molar-refractivity contribution in [1.29, 1.82) is 0 Å². The maximum atomic E-state index is 11.7. The third-order valence-corrected chi connectivity index (χ3v) is 4.88. The van der Waals surface area contributed by atoms with Crippen LogP contribution >= 0.6 is 42.5 Å². The van der Waals surface area contributed by atoms with Gasteiger partial charge in [0.15, 0.2) is 0 Å². The zero-order chi connectivity index (χ0) is 15.6. The maximum absolute atomic E-state index is 11.7. The van der Waals surface area contributed by atoms with Gasteiger partial charge in [0.25, 0.3) is 9.05 Å². The number of hydrogen-bond acceptors (Lipinski definition) is 4. The number of hydrogen-bond donors (Lipinski definition) is 0. The second kappa shape index (κ2) is 6.64. The van der Waals surface area contributed by atoms with Gasteiger partial charge in [0.05, 0.1) is 5.69 Å². The first-order chi connectivity index (χ1) is 9.77. The number of benzene rings is 1. The lowest BCUT2D eigenvalue weighted by Crippen LogP contribution is -2.04. The average Bonchev–Trinajstić information content (AvgIpc) is 2.38. The average molecular weight is 456 g/mol. The fourth-order valence-electron chi connectivity index (χ4n) is 1.70. The van der Waals surface area contributed by atoms with Crippen molar-refractivity contribution >= 4 is 51.6 Å². The largest absolute Gasteiger partial charge is 0.486 e. The van der Waals surface area contributed by atoms with Crippen LogP contribution in [0.3, 0.4) is 0 Å². The molecule has 2 rings (SSSR count). The minimum atomic E-state index is -3.90. The zero-order valence-corrected chi connectivity index (χ0v) is 15.6. The SMILES string of the molecule is Cc1cc(Br)cc(S(=O)(=O)Cl)c1OCc1ccc(Br)cn1. The van der Waals surface area contributed by atoms with Gasteiger partial charge >= 0.3 is 0 Å². The van der Waals surface area contributed by atoms with Crippen molar-refractivity contribution in [3.8, 4) is 5.75 Å². The number of halogens is 3. The van der Waals surface area contributed by atoms with Crippen LogP contribution in [0.2, 0.25) is 0 Å². The Morgan fingerprint density at radius 2 is 1.95 bits per heavy atom. The first-order valence-corrected chi connectivity index (χ1v) is 9.65. The fraction of sp³-hybridized carbons (Fsp3) is 0.154. The minimum absolute atomic E-state index is 0.0619. The van der Waals surface area contributed by atoms with Crippen LogP contribution in [0.15, 0.2) is 44.3 Å². The predicted molar refractivity (Wildman–Crippen MR) is 88.2 cm³/mol. The van der Waals surface area contributed by atoms with Gasteiger partial charge in [-0.2, -0.15) is 0 Å². The van der Waals surface area contributed by atoms with Gasteiger partial charge < -0.3 is 4.74 Å². The maximum Gasteiger partial charge on any atom is 0.265 e. The molecule has 0 unspecified atom stereocenters. The molecule has 0 N–H and O–H groups in total. The molecule has 0 aliphatic heterocycles. The summed E-state index contributed by atoms with van der Waals surface area (Å²) in [5.74, 6) is 0.234. The molecule has 8 heteroatoms. The molecule has 4 nitrogen and oxygen atoms in total. The number of pyridine rings is 1.